The number of nitrogens with zero attached hydrogens (tertiary/aromatic N) is 8. The summed E-state index contributed by atoms with van der Waals surface area (Å²) in [6, 6.07) is 9.21. The SMILES string of the molecule is CC1(C)CC(NCc2cn(CCNCc3ccc(CNCCn4cc(CNC5CC(C)(C)N([O])C(C)(C)C5)nn4)cc3)nn2)CC(C)(C)N1[O]. The van der Waals surface area contributed by atoms with Crippen LogP contribution < -0.4 is 21.3 Å². The smallest absolute Gasteiger partial charge is 0.0964 e. The summed E-state index contributed by atoms with van der Waals surface area (Å²) in [6.07, 6.45) is 7.23. The molecule has 3 aromatic rings. The normalized spacial score (nSPS) is 21.2. The van der Waals surface area contributed by atoms with Crippen molar-refractivity contribution < 1.29 is 10.4 Å². The topological polar surface area (TPSA) is 156 Å². The quantitative estimate of drug-likeness (QED) is 0.164. The summed E-state index contributed by atoms with van der Waals surface area (Å²) in [6.45, 7) is 22.1. The van der Waals surface area contributed by atoms with E-state index < -0.39 is 0 Å². The molecule has 0 atom stereocenters. The maximum absolute atomic E-state index is 12.6. The van der Waals surface area contributed by atoms with Gasteiger partial charge in [0.15, 0.2) is 0 Å². The van der Waals surface area contributed by atoms with Crippen molar-refractivity contribution in [2.24, 2.45) is 0 Å². The highest BCUT2D eigenvalue weighted by molar-refractivity contribution is 5.22. The summed E-state index contributed by atoms with van der Waals surface area (Å²) in [5.41, 5.74) is 2.74. The molecular formula is C36H60N12O2. The maximum atomic E-state index is 12.6. The van der Waals surface area contributed by atoms with Crippen LogP contribution in [0.25, 0.3) is 0 Å². The molecule has 0 amide bonds. The fraction of sp³-hybridized carbons (Fsp3) is 0.722. The first-order valence-corrected chi connectivity index (χ1v) is 18.2. The standard InChI is InChI=1S/C36H60N12O2/c1-33(2)17-29(18-34(3,4)47(33)49)39-23-31-25-45(43-41-31)15-13-37-21-27-9-11-28(12-10-27)22-38-14-16-46-26-32(42-44-46)24-40-30-19-35(5,6)48(50)36(7,8)20-30/h9-12,25-26,29-30,37-40H,13-24H2,1-8H3. The number of hydrogen-bond donors (Lipinski definition) is 4. The molecule has 0 bridgehead atoms. The van der Waals surface area contributed by atoms with E-state index in [-0.39, 0.29) is 34.2 Å². The van der Waals surface area contributed by atoms with E-state index in [0.717, 1.165) is 76.3 Å². The van der Waals surface area contributed by atoms with Crippen molar-refractivity contribution in [3.05, 3.63) is 59.2 Å². The lowest BCUT2D eigenvalue weighted by atomic mass is 9.79. The predicted molar refractivity (Wildman–Crippen MR) is 191 cm³/mol. The zero-order valence-electron chi connectivity index (χ0n) is 31.5. The van der Waals surface area contributed by atoms with Crippen molar-refractivity contribution in [2.75, 3.05) is 13.1 Å². The molecule has 0 aliphatic carbocycles. The fourth-order valence-corrected chi connectivity index (χ4v) is 8.00. The van der Waals surface area contributed by atoms with Crippen molar-refractivity contribution in [2.45, 2.75) is 155 Å². The summed E-state index contributed by atoms with van der Waals surface area (Å²) < 4.78 is 3.76. The summed E-state index contributed by atoms with van der Waals surface area (Å²) in [5.74, 6) is 0. The van der Waals surface area contributed by atoms with Crippen molar-refractivity contribution in [1.29, 1.82) is 0 Å². The Bertz CT molecular complexity index is 1350. The van der Waals surface area contributed by atoms with Crippen LogP contribution in [0, 0.1) is 0 Å². The fourth-order valence-electron chi connectivity index (χ4n) is 8.00. The van der Waals surface area contributed by atoms with E-state index in [1.165, 1.54) is 21.3 Å². The third-order valence-corrected chi connectivity index (χ3v) is 10.2. The summed E-state index contributed by atoms with van der Waals surface area (Å²) in [7, 11) is 0. The molecule has 14 nitrogen and oxygen atoms in total. The van der Waals surface area contributed by atoms with E-state index in [4.69, 9.17) is 0 Å². The molecule has 5 rings (SSSR count). The average Bonchev–Trinajstić information content (AvgIpc) is 3.70. The minimum atomic E-state index is -0.389. The predicted octanol–water partition coefficient (Wildman–Crippen LogP) is 3.36. The van der Waals surface area contributed by atoms with Gasteiger partial charge in [0.1, 0.15) is 0 Å². The van der Waals surface area contributed by atoms with Crippen LogP contribution in [-0.4, -0.2) is 87.4 Å². The van der Waals surface area contributed by atoms with Gasteiger partial charge in [-0.25, -0.2) is 0 Å². The van der Waals surface area contributed by atoms with Gasteiger partial charge in [-0.1, -0.05) is 34.7 Å². The molecule has 50 heavy (non-hydrogen) atoms. The lowest BCUT2D eigenvalue weighted by Crippen LogP contribution is -2.61. The van der Waals surface area contributed by atoms with Crippen molar-refractivity contribution in [3.8, 4) is 0 Å². The molecule has 0 unspecified atom stereocenters. The molecule has 14 heteroatoms. The number of benzene rings is 1. The summed E-state index contributed by atoms with van der Waals surface area (Å²) in [4.78, 5) is 0. The van der Waals surface area contributed by atoms with Gasteiger partial charge in [0.25, 0.3) is 0 Å². The Kier molecular flexibility index (Phi) is 12.2. The Labute approximate surface area is 298 Å². The van der Waals surface area contributed by atoms with Crippen LogP contribution in [0.2, 0.25) is 0 Å². The summed E-state index contributed by atoms with van der Waals surface area (Å²) >= 11 is 0. The lowest BCUT2D eigenvalue weighted by molar-refractivity contribution is -0.290. The van der Waals surface area contributed by atoms with Gasteiger partial charge in [-0.3, -0.25) is 9.36 Å². The molecule has 1 aromatic carbocycles. The van der Waals surface area contributed by atoms with Gasteiger partial charge in [-0.2, -0.15) is 0 Å². The molecule has 2 saturated heterocycles. The molecule has 0 saturated carbocycles. The molecule has 2 aromatic heterocycles. The second kappa shape index (κ2) is 15.8. The maximum Gasteiger partial charge on any atom is 0.0964 e. The Hall–Kier alpha value is -2.82. The molecule has 2 fully saturated rings. The van der Waals surface area contributed by atoms with E-state index >= 15 is 0 Å². The van der Waals surface area contributed by atoms with Crippen LogP contribution in [-0.2, 0) is 49.7 Å². The van der Waals surface area contributed by atoms with Crippen molar-refractivity contribution in [1.82, 2.24) is 61.4 Å². The van der Waals surface area contributed by atoms with Crippen LogP contribution in [0.15, 0.2) is 36.7 Å². The molecule has 0 spiro atoms. The van der Waals surface area contributed by atoms with E-state index in [0.29, 0.717) is 13.1 Å². The van der Waals surface area contributed by atoms with Crippen LogP contribution in [0.5, 0.6) is 0 Å². The van der Waals surface area contributed by atoms with Crippen molar-refractivity contribution >= 4 is 0 Å². The van der Waals surface area contributed by atoms with Crippen LogP contribution in [0.4, 0.5) is 0 Å². The highest BCUT2D eigenvalue weighted by Gasteiger charge is 2.47. The highest BCUT2D eigenvalue weighted by Crippen LogP contribution is 2.38. The van der Waals surface area contributed by atoms with Crippen molar-refractivity contribution in [3.63, 3.8) is 0 Å². The molecule has 2 radical (unpaired) electrons. The Morgan fingerprint density at radius 2 is 0.920 bits per heavy atom. The molecule has 2 aliphatic rings. The number of hydroxylamine groups is 4. The summed E-state index contributed by atoms with van der Waals surface area (Å²) in [5, 5.41) is 59.3. The molecular weight excluding hydrogens is 632 g/mol. The molecule has 276 valence electrons. The zero-order chi connectivity index (χ0) is 36.2. The molecule has 2 aliphatic heterocycles. The average molecular weight is 693 g/mol. The van der Waals surface area contributed by atoms with Gasteiger partial charge >= 0.3 is 0 Å². The second-order valence-electron chi connectivity index (χ2n) is 16.9. The first kappa shape index (κ1) is 38.4. The minimum absolute atomic E-state index is 0.267. The van der Waals surface area contributed by atoms with Gasteiger partial charge in [-0.15, -0.1) is 30.7 Å². The number of rotatable bonds is 16. The first-order chi connectivity index (χ1) is 23.5. The van der Waals surface area contributed by atoms with E-state index in [1.807, 2.05) is 77.1 Å². The first-order valence-electron chi connectivity index (χ1n) is 18.2. The van der Waals surface area contributed by atoms with Gasteiger partial charge in [0.2, 0.25) is 0 Å². The number of aromatic nitrogens is 6. The lowest BCUT2D eigenvalue weighted by Gasteiger charge is -2.50. The number of nitrogens with one attached hydrogen (secondary N) is 4. The van der Waals surface area contributed by atoms with Gasteiger partial charge in [0, 0.05) is 85.9 Å². The highest BCUT2D eigenvalue weighted by atomic mass is 16.5. The number of hydrogen-bond acceptors (Lipinski definition) is 10. The van der Waals surface area contributed by atoms with E-state index in [1.54, 1.807) is 0 Å². The Morgan fingerprint density at radius 1 is 0.580 bits per heavy atom. The van der Waals surface area contributed by atoms with Crippen LogP contribution >= 0.6 is 0 Å². The third kappa shape index (κ3) is 10.2. The van der Waals surface area contributed by atoms with Crippen LogP contribution in [0.3, 0.4) is 0 Å². The monoisotopic (exact) mass is 692 g/mol. The van der Waals surface area contributed by atoms with E-state index in [2.05, 4.69) is 66.2 Å². The third-order valence-electron chi connectivity index (χ3n) is 10.2. The second-order valence-corrected chi connectivity index (χ2v) is 16.9. The Morgan fingerprint density at radius 3 is 1.26 bits per heavy atom. The van der Waals surface area contributed by atoms with Crippen LogP contribution in [0.1, 0.15) is 104 Å². The van der Waals surface area contributed by atoms with E-state index in [9.17, 15) is 10.4 Å². The Balaban J connectivity index is 0.934. The largest absolute Gasteiger partial charge is 0.311 e. The van der Waals surface area contributed by atoms with Gasteiger partial charge in [0.05, 0.1) is 24.5 Å². The minimum Gasteiger partial charge on any atom is -0.311 e. The van der Waals surface area contributed by atoms with Gasteiger partial charge in [-0.05, 0) is 92.2 Å². The zero-order valence-corrected chi connectivity index (χ0v) is 31.5. The molecule has 4 N–H and O–H groups in total. The van der Waals surface area contributed by atoms with Gasteiger partial charge < -0.3 is 21.3 Å². The molecule has 4 heterocycles. The number of piperidine rings is 2.